The van der Waals surface area contributed by atoms with Crippen LogP contribution in [0.2, 0.25) is 5.02 Å². The third-order valence-corrected chi connectivity index (χ3v) is 2.07. The van der Waals surface area contributed by atoms with Crippen molar-refractivity contribution >= 4 is 29.6 Å². The third kappa shape index (κ3) is 2.70. The second-order valence-corrected chi connectivity index (χ2v) is 3.59. The van der Waals surface area contributed by atoms with Crippen molar-refractivity contribution in [1.82, 2.24) is 4.90 Å². The van der Waals surface area contributed by atoms with Crippen molar-refractivity contribution in [3.05, 3.63) is 28.8 Å². The van der Waals surface area contributed by atoms with Crippen LogP contribution in [-0.2, 0) is 4.79 Å². The van der Waals surface area contributed by atoms with E-state index in [-0.39, 0.29) is 5.91 Å². The normalized spacial score (nSPS) is 9.53. The number of hydrogen-bond donors (Lipinski definition) is 1. The van der Waals surface area contributed by atoms with Crippen LogP contribution < -0.4 is 5.32 Å². The maximum Gasteiger partial charge on any atom is 0.255 e. The van der Waals surface area contributed by atoms with Gasteiger partial charge in [-0.2, -0.15) is 0 Å². The summed E-state index contributed by atoms with van der Waals surface area (Å²) in [4.78, 5) is 23.5. The number of rotatable bonds is 3. The first-order valence-electron chi connectivity index (χ1n) is 4.27. The average Bonchev–Trinajstić information content (AvgIpc) is 2.17. The molecule has 15 heavy (non-hydrogen) atoms. The first-order chi connectivity index (χ1) is 7.06. The first kappa shape index (κ1) is 11.5. The van der Waals surface area contributed by atoms with Crippen LogP contribution >= 0.6 is 11.6 Å². The summed E-state index contributed by atoms with van der Waals surface area (Å²) in [5.74, 6) is -0.184. The van der Waals surface area contributed by atoms with Gasteiger partial charge in [-0.3, -0.25) is 9.59 Å². The number of benzene rings is 1. The van der Waals surface area contributed by atoms with Gasteiger partial charge in [0.2, 0.25) is 6.41 Å². The molecular formula is C10H11ClN2O2. The first-order valence-corrected chi connectivity index (χ1v) is 4.65. The minimum atomic E-state index is -0.184. The van der Waals surface area contributed by atoms with Gasteiger partial charge < -0.3 is 10.2 Å². The highest BCUT2D eigenvalue weighted by Gasteiger charge is 2.13. The Morgan fingerprint density at radius 1 is 1.47 bits per heavy atom. The molecule has 5 heteroatoms. The second kappa shape index (κ2) is 4.79. The molecule has 0 aromatic heterocycles. The minimum Gasteiger partial charge on any atom is -0.345 e. The molecule has 0 bridgehead atoms. The third-order valence-electron chi connectivity index (χ3n) is 1.83. The van der Waals surface area contributed by atoms with E-state index in [4.69, 9.17) is 11.6 Å². The van der Waals surface area contributed by atoms with E-state index >= 15 is 0 Å². The molecule has 2 amide bonds. The smallest absolute Gasteiger partial charge is 0.255 e. The van der Waals surface area contributed by atoms with Gasteiger partial charge in [-0.25, -0.2) is 0 Å². The number of anilines is 1. The highest BCUT2D eigenvalue weighted by Crippen LogP contribution is 2.21. The molecule has 0 radical (unpaired) electrons. The van der Waals surface area contributed by atoms with Crippen LogP contribution in [0.15, 0.2) is 18.2 Å². The van der Waals surface area contributed by atoms with Crippen LogP contribution in [0.5, 0.6) is 0 Å². The molecule has 0 saturated heterocycles. The maximum atomic E-state index is 11.7. The molecule has 0 spiro atoms. The summed E-state index contributed by atoms with van der Waals surface area (Å²) in [6.07, 6.45) is 0.512. The van der Waals surface area contributed by atoms with Gasteiger partial charge in [0.1, 0.15) is 0 Å². The molecular weight excluding hydrogens is 216 g/mol. The standard InChI is InChI=1S/C10H11ClN2O2/c1-13(2)10(15)8-4-3-7(11)5-9(8)12-6-14/h3-6H,1-2H3,(H,12,14). The Bertz CT molecular complexity index is 391. The van der Waals surface area contributed by atoms with E-state index in [1.165, 1.54) is 11.0 Å². The lowest BCUT2D eigenvalue weighted by molar-refractivity contribution is -0.105. The van der Waals surface area contributed by atoms with E-state index in [2.05, 4.69) is 5.32 Å². The Morgan fingerprint density at radius 3 is 2.67 bits per heavy atom. The molecule has 1 aromatic rings. The molecule has 0 aliphatic carbocycles. The van der Waals surface area contributed by atoms with E-state index < -0.39 is 0 Å². The Kier molecular flexibility index (Phi) is 3.68. The van der Waals surface area contributed by atoms with Crippen molar-refractivity contribution in [2.24, 2.45) is 0 Å². The van der Waals surface area contributed by atoms with Crippen molar-refractivity contribution in [2.45, 2.75) is 0 Å². The fourth-order valence-electron chi connectivity index (χ4n) is 1.13. The predicted molar refractivity (Wildman–Crippen MR) is 59.2 cm³/mol. The SMILES string of the molecule is CN(C)C(=O)c1ccc(Cl)cc1NC=O. The summed E-state index contributed by atoms with van der Waals surface area (Å²) in [7, 11) is 3.28. The van der Waals surface area contributed by atoms with Crippen LogP contribution in [0.3, 0.4) is 0 Å². The molecule has 0 unspecified atom stereocenters. The van der Waals surface area contributed by atoms with Gasteiger partial charge in [0.15, 0.2) is 0 Å². The number of halogens is 1. The maximum absolute atomic E-state index is 11.7. The number of carbonyl (C=O) groups is 2. The van der Waals surface area contributed by atoms with Gasteiger partial charge in [-0.1, -0.05) is 11.6 Å². The Morgan fingerprint density at radius 2 is 2.13 bits per heavy atom. The number of nitrogens with zero attached hydrogens (tertiary/aromatic N) is 1. The zero-order valence-corrected chi connectivity index (χ0v) is 9.21. The molecule has 0 saturated carbocycles. The molecule has 4 nitrogen and oxygen atoms in total. The Hall–Kier alpha value is -1.55. The summed E-state index contributed by atoms with van der Waals surface area (Å²) in [5, 5.41) is 2.91. The molecule has 80 valence electrons. The lowest BCUT2D eigenvalue weighted by atomic mass is 10.1. The number of carbonyl (C=O) groups excluding carboxylic acids is 2. The van der Waals surface area contributed by atoms with Crippen molar-refractivity contribution in [3.8, 4) is 0 Å². The van der Waals surface area contributed by atoms with Gasteiger partial charge in [0, 0.05) is 19.1 Å². The van der Waals surface area contributed by atoms with E-state index in [0.29, 0.717) is 22.7 Å². The van der Waals surface area contributed by atoms with Crippen molar-refractivity contribution in [3.63, 3.8) is 0 Å². The number of amides is 2. The lowest BCUT2D eigenvalue weighted by Gasteiger charge is -2.13. The summed E-state index contributed by atoms with van der Waals surface area (Å²) >= 11 is 5.76. The molecule has 0 heterocycles. The molecule has 0 aliphatic heterocycles. The average molecular weight is 227 g/mol. The minimum absolute atomic E-state index is 0.184. The van der Waals surface area contributed by atoms with Gasteiger partial charge in [-0.05, 0) is 18.2 Å². The summed E-state index contributed by atoms with van der Waals surface area (Å²) in [6.45, 7) is 0. The predicted octanol–water partition coefficient (Wildman–Crippen LogP) is 1.61. The zero-order chi connectivity index (χ0) is 11.4. The van der Waals surface area contributed by atoms with Gasteiger partial charge >= 0.3 is 0 Å². The van der Waals surface area contributed by atoms with Crippen molar-refractivity contribution in [2.75, 3.05) is 19.4 Å². The second-order valence-electron chi connectivity index (χ2n) is 3.15. The van der Waals surface area contributed by atoms with E-state index in [1.54, 1.807) is 26.2 Å². The molecule has 1 rings (SSSR count). The lowest BCUT2D eigenvalue weighted by Crippen LogP contribution is -2.22. The van der Waals surface area contributed by atoms with Gasteiger partial charge in [0.25, 0.3) is 5.91 Å². The Labute approximate surface area is 92.8 Å². The summed E-state index contributed by atoms with van der Waals surface area (Å²) < 4.78 is 0. The highest BCUT2D eigenvalue weighted by molar-refractivity contribution is 6.31. The van der Waals surface area contributed by atoms with Crippen LogP contribution in [0.1, 0.15) is 10.4 Å². The fraction of sp³-hybridized carbons (Fsp3) is 0.200. The molecule has 1 N–H and O–H groups in total. The van der Waals surface area contributed by atoms with Crippen LogP contribution in [-0.4, -0.2) is 31.3 Å². The Balaban J connectivity index is 3.16. The van der Waals surface area contributed by atoms with Crippen LogP contribution in [0.25, 0.3) is 0 Å². The molecule has 0 atom stereocenters. The van der Waals surface area contributed by atoms with Gasteiger partial charge in [-0.15, -0.1) is 0 Å². The van der Waals surface area contributed by atoms with Crippen LogP contribution in [0, 0.1) is 0 Å². The van der Waals surface area contributed by atoms with Gasteiger partial charge in [0.05, 0.1) is 11.3 Å². The molecule has 1 aromatic carbocycles. The number of hydrogen-bond acceptors (Lipinski definition) is 2. The zero-order valence-electron chi connectivity index (χ0n) is 8.45. The fourth-order valence-corrected chi connectivity index (χ4v) is 1.30. The summed E-state index contributed by atoms with van der Waals surface area (Å²) in [5.41, 5.74) is 0.827. The van der Waals surface area contributed by atoms with Crippen LogP contribution in [0.4, 0.5) is 5.69 Å². The van der Waals surface area contributed by atoms with E-state index in [0.717, 1.165) is 0 Å². The topological polar surface area (TPSA) is 49.4 Å². The largest absolute Gasteiger partial charge is 0.345 e. The number of nitrogens with one attached hydrogen (secondary N) is 1. The quantitative estimate of drug-likeness (QED) is 0.797. The van der Waals surface area contributed by atoms with E-state index in [9.17, 15) is 9.59 Å². The molecule has 0 fully saturated rings. The van der Waals surface area contributed by atoms with Crippen molar-refractivity contribution < 1.29 is 9.59 Å². The summed E-state index contributed by atoms with van der Waals surface area (Å²) in [6, 6.07) is 4.72. The van der Waals surface area contributed by atoms with Crippen molar-refractivity contribution in [1.29, 1.82) is 0 Å². The molecule has 0 aliphatic rings. The monoisotopic (exact) mass is 226 g/mol. The highest BCUT2D eigenvalue weighted by atomic mass is 35.5. The van der Waals surface area contributed by atoms with E-state index in [1.807, 2.05) is 0 Å².